The molecule has 5 rings (SSSR count). The Morgan fingerprint density at radius 2 is 1.53 bits per heavy atom. The highest BCUT2D eigenvalue weighted by Crippen LogP contribution is 2.49. The van der Waals surface area contributed by atoms with Gasteiger partial charge in [0.25, 0.3) is 0 Å². The van der Waals surface area contributed by atoms with Crippen LogP contribution in [0.25, 0.3) is 0 Å². The van der Waals surface area contributed by atoms with Gasteiger partial charge in [-0.05, 0) is 98.3 Å². The second-order valence-corrected chi connectivity index (χ2v) is 15.8. The van der Waals surface area contributed by atoms with Gasteiger partial charge in [-0.25, -0.2) is 0 Å². The fourth-order valence-electron chi connectivity index (χ4n) is 8.70. The minimum atomic E-state index is -0.922. The molecule has 0 spiro atoms. The molecule has 5 heterocycles. The summed E-state index contributed by atoms with van der Waals surface area (Å²) in [5.41, 5.74) is 0.159. The number of ether oxygens (including phenoxy) is 5. The molecule has 266 valence electrons. The summed E-state index contributed by atoms with van der Waals surface area (Å²) in [7, 11) is 0. The van der Waals surface area contributed by atoms with Crippen LogP contribution < -0.4 is 0 Å². The van der Waals surface area contributed by atoms with Gasteiger partial charge in [0.05, 0.1) is 72.2 Å². The molecular weight excluding hydrogens is 596 g/mol. The molecule has 0 aromatic carbocycles. The third-order valence-corrected chi connectivity index (χ3v) is 12.0. The van der Waals surface area contributed by atoms with Crippen molar-refractivity contribution < 1.29 is 39.0 Å². The van der Waals surface area contributed by atoms with Crippen molar-refractivity contribution in [3.63, 3.8) is 0 Å². The smallest absolute Gasteiger partial charge is 0.111 e. The molecule has 0 aromatic rings. The van der Waals surface area contributed by atoms with E-state index in [4.69, 9.17) is 23.7 Å². The van der Waals surface area contributed by atoms with E-state index in [-0.39, 0.29) is 49.3 Å². The van der Waals surface area contributed by atoms with E-state index in [1.165, 1.54) is 5.57 Å². The molecule has 5 aliphatic heterocycles. The van der Waals surface area contributed by atoms with Crippen LogP contribution in [0.4, 0.5) is 0 Å². The fraction of sp³-hybridized carbons (Fsp3) is 0.795. The van der Waals surface area contributed by atoms with E-state index in [2.05, 4.69) is 46.4 Å². The number of rotatable bonds is 9. The van der Waals surface area contributed by atoms with Crippen LogP contribution in [0.5, 0.6) is 0 Å². The lowest BCUT2D eigenvalue weighted by Crippen LogP contribution is -2.59. The predicted molar refractivity (Wildman–Crippen MR) is 183 cm³/mol. The molecule has 5 fully saturated rings. The number of aliphatic hydroxyl groups excluding tert-OH is 2. The van der Waals surface area contributed by atoms with Crippen molar-refractivity contribution >= 4 is 0 Å². The minimum absolute atomic E-state index is 0.0494. The number of hydrogen-bond donors (Lipinski definition) is 3. The summed E-state index contributed by atoms with van der Waals surface area (Å²) < 4.78 is 34.2. The Bertz CT molecular complexity index is 1160. The Morgan fingerprint density at radius 1 is 0.851 bits per heavy atom. The van der Waals surface area contributed by atoms with Gasteiger partial charge in [-0.15, -0.1) is 0 Å². The molecule has 47 heavy (non-hydrogen) atoms. The number of allylic oxidation sites excluding steroid dienone is 6. The Morgan fingerprint density at radius 3 is 2.28 bits per heavy atom. The molecular formula is C39H62O8. The topological polar surface area (TPSA) is 107 Å². The van der Waals surface area contributed by atoms with Crippen LogP contribution in [-0.4, -0.2) is 93.7 Å². The molecule has 7 unspecified atom stereocenters. The highest BCUT2D eigenvalue weighted by atomic mass is 16.6. The van der Waals surface area contributed by atoms with E-state index >= 15 is 0 Å². The van der Waals surface area contributed by atoms with Gasteiger partial charge in [0, 0.05) is 12.8 Å². The van der Waals surface area contributed by atoms with Gasteiger partial charge in [0.2, 0.25) is 0 Å². The summed E-state index contributed by atoms with van der Waals surface area (Å²) in [5.74, 6) is 0.311. The summed E-state index contributed by atoms with van der Waals surface area (Å²) in [5, 5.41) is 32.3. The van der Waals surface area contributed by atoms with Gasteiger partial charge < -0.3 is 39.0 Å². The molecule has 13 atom stereocenters. The van der Waals surface area contributed by atoms with E-state index in [1.807, 2.05) is 26.0 Å². The lowest BCUT2D eigenvalue weighted by Gasteiger charge is -2.49. The third kappa shape index (κ3) is 8.34. The van der Waals surface area contributed by atoms with Gasteiger partial charge in [0.1, 0.15) is 6.10 Å². The van der Waals surface area contributed by atoms with Crippen LogP contribution in [0.1, 0.15) is 112 Å². The van der Waals surface area contributed by atoms with Crippen LogP contribution in [0.2, 0.25) is 0 Å². The molecule has 0 amide bonds. The number of fused-ring (bicyclic) bond motifs is 4. The maximum Gasteiger partial charge on any atom is 0.111 e. The normalized spacial score (nSPS) is 46.3. The zero-order valence-electron chi connectivity index (χ0n) is 29.7. The SMILES string of the molecule is C=C/C=C\CC[C@H]1OC2CC[C@@]3(C)O[C@H]4C(O)C[C@@]5(C)O[C@@H](CC/C=C(C)/C(C)=C/CO)C(C)CC5OC4CC3OC2CC[C@@]1(C)O. The first kappa shape index (κ1) is 36.9. The Labute approximate surface area is 283 Å². The molecule has 0 saturated carbocycles. The van der Waals surface area contributed by atoms with Crippen LogP contribution in [0.15, 0.2) is 48.1 Å². The molecule has 3 N–H and O–H groups in total. The van der Waals surface area contributed by atoms with Crippen molar-refractivity contribution in [3.05, 3.63) is 48.1 Å². The van der Waals surface area contributed by atoms with Gasteiger partial charge in [-0.3, -0.25) is 0 Å². The first-order valence-electron chi connectivity index (χ1n) is 18.2. The van der Waals surface area contributed by atoms with Crippen molar-refractivity contribution in [2.24, 2.45) is 5.92 Å². The van der Waals surface area contributed by atoms with Crippen molar-refractivity contribution in [2.45, 2.75) is 184 Å². The van der Waals surface area contributed by atoms with Crippen molar-refractivity contribution in [2.75, 3.05) is 6.61 Å². The summed E-state index contributed by atoms with van der Waals surface area (Å²) in [6.45, 7) is 16.3. The van der Waals surface area contributed by atoms with E-state index in [9.17, 15) is 15.3 Å². The molecule has 5 saturated heterocycles. The van der Waals surface area contributed by atoms with Crippen molar-refractivity contribution in [1.29, 1.82) is 0 Å². The monoisotopic (exact) mass is 658 g/mol. The zero-order valence-corrected chi connectivity index (χ0v) is 29.7. The predicted octanol–water partition coefficient (Wildman–Crippen LogP) is 6.27. The zero-order chi connectivity index (χ0) is 34.0. The molecule has 0 aliphatic carbocycles. The third-order valence-electron chi connectivity index (χ3n) is 12.0. The first-order chi connectivity index (χ1) is 22.3. The summed E-state index contributed by atoms with van der Waals surface area (Å²) in [6.07, 6.45) is 15.7. The second kappa shape index (κ2) is 15.3. The summed E-state index contributed by atoms with van der Waals surface area (Å²) in [6, 6.07) is 0. The molecule has 8 heteroatoms. The average Bonchev–Trinajstić information content (AvgIpc) is 3.27. The number of aliphatic hydroxyl groups is 3. The van der Waals surface area contributed by atoms with E-state index in [0.717, 1.165) is 56.9 Å². The lowest BCUT2D eigenvalue weighted by molar-refractivity contribution is -0.273. The van der Waals surface area contributed by atoms with Crippen LogP contribution in [0, 0.1) is 5.92 Å². The van der Waals surface area contributed by atoms with Gasteiger partial charge in [-0.1, -0.05) is 55.0 Å². The van der Waals surface area contributed by atoms with Crippen LogP contribution in [0.3, 0.4) is 0 Å². The molecule has 0 bridgehead atoms. The van der Waals surface area contributed by atoms with E-state index < -0.39 is 29.0 Å². The van der Waals surface area contributed by atoms with Crippen molar-refractivity contribution in [3.8, 4) is 0 Å². The number of hydrogen-bond acceptors (Lipinski definition) is 8. The van der Waals surface area contributed by atoms with Crippen molar-refractivity contribution in [1.82, 2.24) is 0 Å². The van der Waals surface area contributed by atoms with E-state index in [1.54, 1.807) is 6.08 Å². The highest BCUT2D eigenvalue weighted by Gasteiger charge is 2.58. The quantitative estimate of drug-likeness (QED) is 0.249. The van der Waals surface area contributed by atoms with Gasteiger partial charge in [-0.2, -0.15) is 0 Å². The van der Waals surface area contributed by atoms with Crippen LogP contribution >= 0.6 is 0 Å². The summed E-state index contributed by atoms with van der Waals surface area (Å²) >= 11 is 0. The van der Waals surface area contributed by atoms with Gasteiger partial charge >= 0.3 is 0 Å². The maximum atomic E-state index is 11.7. The largest absolute Gasteiger partial charge is 0.392 e. The second-order valence-electron chi connectivity index (χ2n) is 15.8. The average molecular weight is 659 g/mol. The van der Waals surface area contributed by atoms with Crippen LogP contribution in [-0.2, 0) is 23.7 Å². The Balaban J connectivity index is 1.26. The van der Waals surface area contributed by atoms with Gasteiger partial charge in [0.15, 0.2) is 0 Å². The standard InChI is InChI=1S/C39H62O8/c1-8-9-10-11-15-33-37(5,42)19-16-30-31(43-33)17-20-38(6)35(44-30)23-32-36(47-38)28(41)24-39(7)34(45-32)22-27(4)29(46-39)14-12-13-25(2)26(3)18-21-40/h8-10,13,18,27-36,40-42H,1,11-12,14-17,19-24H2,2-7H3/b10-9-,25-13+,26-18+/t27?,28?,29-,30?,31?,32?,33+,34?,35?,36-,37+,38+,39+/m0/s1. The van der Waals surface area contributed by atoms with E-state index in [0.29, 0.717) is 25.2 Å². The molecule has 0 aromatic heterocycles. The fourth-order valence-corrected chi connectivity index (χ4v) is 8.70. The Kier molecular flexibility index (Phi) is 12.0. The Hall–Kier alpha value is -1.36. The minimum Gasteiger partial charge on any atom is -0.392 e. The first-order valence-corrected chi connectivity index (χ1v) is 18.2. The summed E-state index contributed by atoms with van der Waals surface area (Å²) in [4.78, 5) is 0. The maximum absolute atomic E-state index is 11.7. The highest BCUT2D eigenvalue weighted by molar-refractivity contribution is 5.26. The lowest BCUT2D eigenvalue weighted by atomic mass is 9.79. The molecule has 0 radical (unpaired) electrons. The molecule has 8 nitrogen and oxygen atoms in total. The molecule has 5 aliphatic rings.